The normalized spacial score (nSPS) is 44.1. The number of nitrogens with zero attached hydrogens (tertiary/aromatic N) is 3. The molecule has 0 aliphatic heterocycles. The number of ketones is 1. The van der Waals surface area contributed by atoms with E-state index >= 15 is 0 Å². The molecule has 1 aromatic rings. The maximum Gasteiger partial charge on any atom is 0.157 e. The summed E-state index contributed by atoms with van der Waals surface area (Å²) in [5.41, 5.74) is 0.220. The monoisotopic (exact) mass is 423 g/mol. The largest absolute Gasteiger partial charge is 0.390 e. The lowest BCUT2D eigenvalue weighted by Crippen LogP contribution is -2.51. The fraction of sp³-hybridized carbons (Fsp3) is 0.808. The van der Waals surface area contributed by atoms with Gasteiger partial charge in [0.05, 0.1) is 23.9 Å². The van der Waals surface area contributed by atoms with Crippen LogP contribution in [-0.4, -0.2) is 26.3 Å². The van der Waals surface area contributed by atoms with Crippen molar-refractivity contribution in [3.63, 3.8) is 0 Å². The number of fused-ring (bicyclic) bond motifs is 5. The molecule has 5 heteroatoms. The minimum absolute atomic E-state index is 0.120. The molecule has 0 unspecified atom stereocenters. The van der Waals surface area contributed by atoms with Gasteiger partial charge in [0.15, 0.2) is 5.78 Å². The lowest BCUT2D eigenvalue weighted by Gasteiger charge is -2.57. The standard InChI is InChI=1S/C26H37N3O2/c1-3-26(31)11-9-19-18(12-26)4-5-21-20(19)8-10-25(2)22(21)6-7-23(25)24(30)16-29-15-17(13-27)14-28-29/h14-15,18-23,31H,3-12,16H2,1-2H3/t18-,19-,20+,21+,22-,23+,25-,26+/m0/s1. The Hall–Kier alpha value is -1.67. The number of hydrogen-bond acceptors (Lipinski definition) is 4. The predicted molar refractivity (Wildman–Crippen MR) is 118 cm³/mol. The summed E-state index contributed by atoms with van der Waals surface area (Å²) < 4.78 is 1.64. The van der Waals surface area contributed by atoms with Gasteiger partial charge in [-0.2, -0.15) is 10.4 Å². The summed E-state index contributed by atoms with van der Waals surface area (Å²) in [6, 6.07) is 2.10. The van der Waals surface area contributed by atoms with Crippen LogP contribution in [0.1, 0.15) is 83.6 Å². The first-order valence-electron chi connectivity index (χ1n) is 12.5. The summed E-state index contributed by atoms with van der Waals surface area (Å²) in [5.74, 6) is 4.16. The van der Waals surface area contributed by atoms with Crippen molar-refractivity contribution in [1.82, 2.24) is 9.78 Å². The molecule has 1 aromatic heterocycles. The minimum atomic E-state index is -0.417. The van der Waals surface area contributed by atoms with Gasteiger partial charge in [-0.15, -0.1) is 0 Å². The van der Waals surface area contributed by atoms with E-state index in [4.69, 9.17) is 5.26 Å². The van der Waals surface area contributed by atoms with Crippen LogP contribution in [0, 0.1) is 52.3 Å². The van der Waals surface area contributed by atoms with Crippen molar-refractivity contribution in [2.75, 3.05) is 0 Å². The Labute approximate surface area is 186 Å². The van der Waals surface area contributed by atoms with E-state index < -0.39 is 5.60 Å². The van der Waals surface area contributed by atoms with Gasteiger partial charge in [-0.25, -0.2) is 0 Å². The van der Waals surface area contributed by atoms with Gasteiger partial charge in [0.1, 0.15) is 6.07 Å². The Morgan fingerprint density at radius 1 is 1.19 bits per heavy atom. The van der Waals surface area contributed by atoms with Crippen LogP contribution in [0.15, 0.2) is 12.4 Å². The van der Waals surface area contributed by atoms with E-state index in [0.717, 1.165) is 43.4 Å². The lowest BCUT2D eigenvalue weighted by molar-refractivity contribution is -0.133. The number of carbonyl (C=O) groups excluding carboxylic acids is 1. The summed E-state index contributed by atoms with van der Waals surface area (Å²) in [5, 5.41) is 24.1. The van der Waals surface area contributed by atoms with Gasteiger partial charge in [-0.1, -0.05) is 13.8 Å². The third kappa shape index (κ3) is 3.46. The third-order valence-electron chi connectivity index (χ3n) is 10.2. The van der Waals surface area contributed by atoms with Crippen molar-refractivity contribution in [3.05, 3.63) is 18.0 Å². The van der Waals surface area contributed by atoms with Gasteiger partial charge in [0.2, 0.25) is 0 Å². The number of aromatic nitrogens is 2. The minimum Gasteiger partial charge on any atom is -0.390 e. The average molecular weight is 424 g/mol. The number of hydrogen-bond donors (Lipinski definition) is 1. The highest BCUT2D eigenvalue weighted by molar-refractivity contribution is 5.82. The van der Waals surface area contributed by atoms with E-state index in [0.29, 0.717) is 29.7 Å². The summed E-state index contributed by atoms with van der Waals surface area (Å²) in [6.07, 6.45) is 14.5. The molecule has 4 aliphatic rings. The zero-order valence-electron chi connectivity index (χ0n) is 19.1. The molecule has 5 nitrogen and oxygen atoms in total. The second-order valence-electron chi connectivity index (χ2n) is 11.4. The molecule has 4 aliphatic carbocycles. The Bertz CT molecular complexity index is 887. The molecule has 5 rings (SSSR count). The number of carbonyl (C=O) groups is 1. The van der Waals surface area contributed by atoms with Gasteiger partial charge in [-0.05, 0) is 99.2 Å². The van der Waals surface area contributed by atoms with Gasteiger partial charge in [0.25, 0.3) is 0 Å². The molecule has 0 saturated heterocycles. The molecule has 8 atom stereocenters. The highest BCUT2D eigenvalue weighted by Crippen LogP contribution is 2.64. The van der Waals surface area contributed by atoms with E-state index in [-0.39, 0.29) is 11.3 Å². The average Bonchev–Trinajstić information content (AvgIpc) is 3.36. The Morgan fingerprint density at radius 3 is 2.74 bits per heavy atom. The molecule has 0 amide bonds. The molecule has 4 saturated carbocycles. The highest BCUT2D eigenvalue weighted by atomic mass is 16.3. The van der Waals surface area contributed by atoms with E-state index in [2.05, 4.69) is 25.0 Å². The first kappa shape index (κ1) is 21.2. The number of nitriles is 1. The zero-order valence-corrected chi connectivity index (χ0v) is 19.1. The van der Waals surface area contributed by atoms with Crippen LogP contribution in [-0.2, 0) is 11.3 Å². The smallest absolute Gasteiger partial charge is 0.157 e. The van der Waals surface area contributed by atoms with Crippen molar-refractivity contribution >= 4 is 5.78 Å². The molecule has 1 N–H and O–H groups in total. The molecule has 1 heterocycles. The van der Waals surface area contributed by atoms with Crippen molar-refractivity contribution in [2.24, 2.45) is 40.9 Å². The highest BCUT2D eigenvalue weighted by Gasteiger charge is 2.58. The van der Waals surface area contributed by atoms with Crippen LogP contribution in [0.25, 0.3) is 0 Å². The second kappa shape index (κ2) is 7.73. The third-order valence-corrected chi connectivity index (χ3v) is 10.2. The van der Waals surface area contributed by atoms with Crippen LogP contribution < -0.4 is 0 Å². The van der Waals surface area contributed by atoms with Crippen molar-refractivity contribution < 1.29 is 9.90 Å². The van der Waals surface area contributed by atoms with Crippen molar-refractivity contribution in [3.8, 4) is 6.07 Å². The fourth-order valence-corrected chi connectivity index (χ4v) is 8.59. The maximum absolute atomic E-state index is 13.3. The molecule has 0 radical (unpaired) electrons. The molecule has 31 heavy (non-hydrogen) atoms. The molecule has 4 fully saturated rings. The topological polar surface area (TPSA) is 78.9 Å². The predicted octanol–water partition coefficient (Wildman–Crippen LogP) is 4.73. The number of Topliss-reactive ketones (excluding diaryl/α,β-unsaturated/α-hetero) is 1. The van der Waals surface area contributed by atoms with Crippen molar-refractivity contribution in [1.29, 1.82) is 5.26 Å². The molecular formula is C26H37N3O2. The van der Waals surface area contributed by atoms with Crippen LogP contribution in [0.3, 0.4) is 0 Å². The first-order valence-corrected chi connectivity index (χ1v) is 12.5. The van der Waals surface area contributed by atoms with Crippen LogP contribution in [0.2, 0.25) is 0 Å². The van der Waals surface area contributed by atoms with Crippen LogP contribution >= 0.6 is 0 Å². The van der Waals surface area contributed by atoms with Gasteiger partial charge >= 0.3 is 0 Å². The molecule has 0 spiro atoms. The van der Waals surface area contributed by atoms with Gasteiger partial charge < -0.3 is 5.11 Å². The Balaban J connectivity index is 1.29. The first-order chi connectivity index (χ1) is 14.9. The van der Waals surface area contributed by atoms with Gasteiger partial charge in [-0.3, -0.25) is 9.48 Å². The van der Waals surface area contributed by atoms with Crippen LogP contribution in [0.5, 0.6) is 0 Å². The van der Waals surface area contributed by atoms with E-state index in [1.54, 1.807) is 17.1 Å². The molecule has 0 bridgehead atoms. The van der Waals surface area contributed by atoms with Gasteiger partial charge in [0, 0.05) is 12.1 Å². The number of aliphatic hydroxyl groups is 1. The fourth-order valence-electron chi connectivity index (χ4n) is 8.59. The summed E-state index contributed by atoms with van der Waals surface area (Å²) in [7, 11) is 0. The lowest BCUT2D eigenvalue weighted by atomic mass is 9.48. The molecule has 168 valence electrons. The van der Waals surface area contributed by atoms with Crippen molar-refractivity contribution in [2.45, 2.75) is 90.2 Å². The number of rotatable bonds is 4. The Morgan fingerprint density at radius 2 is 2.00 bits per heavy atom. The quantitative estimate of drug-likeness (QED) is 0.759. The van der Waals surface area contributed by atoms with Crippen LogP contribution in [0.4, 0.5) is 0 Å². The van der Waals surface area contributed by atoms with E-state index in [1.807, 2.05) is 0 Å². The molecular weight excluding hydrogens is 386 g/mol. The molecule has 0 aromatic carbocycles. The van der Waals surface area contributed by atoms with E-state index in [9.17, 15) is 9.90 Å². The van der Waals surface area contributed by atoms with E-state index in [1.165, 1.54) is 38.5 Å². The summed E-state index contributed by atoms with van der Waals surface area (Å²) in [4.78, 5) is 13.3. The second-order valence-corrected chi connectivity index (χ2v) is 11.4. The zero-order chi connectivity index (χ0) is 21.8. The SMILES string of the molecule is CC[C@@]1(O)CC[C@H]2[C@@H](CC[C@@H]3[C@@H]2CC[C@]2(C)[C@@H](C(=O)Cn4cc(C#N)cn4)CC[C@@H]32)C1. The maximum atomic E-state index is 13.3. The summed E-state index contributed by atoms with van der Waals surface area (Å²) >= 11 is 0. The summed E-state index contributed by atoms with van der Waals surface area (Å²) in [6.45, 7) is 4.83. The Kier molecular flexibility index (Phi) is 5.28.